The van der Waals surface area contributed by atoms with Gasteiger partial charge in [-0.05, 0) is 119 Å². The molecule has 9 aromatic carbocycles. The van der Waals surface area contributed by atoms with E-state index in [1.165, 1.54) is 11.1 Å². The maximum absolute atomic E-state index is 4.83. The molecule has 0 unspecified atom stereocenters. The molecule has 0 amide bonds. The minimum Gasteiger partial charge on any atom is -0.334 e. The number of rotatable bonds is 11. The van der Waals surface area contributed by atoms with Gasteiger partial charge >= 0.3 is 0 Å². The lowest BCUT2D eigenvalue weighted by Gasteiger charge is -2.18. The molecule has 3 aromatic heterocycles. The molecule has 0 radical (unpaired) electrons. The van der Waals surface area contributed by atoms with Crippen LogP contribution in [0.4, 0.5) is 0 Å². The standard InChI is InChI=1S/C67H49N5/c1-71-40-38-69-66(71)53-32-26-50(27-33-53)60-15-7-10-18-63(60)57-42-56(43-58(44-57)64-19-11-8-16-61(64)51-28-34-54(35-29-51)67-70-39-41-72(67)2)62-17-9-6-14-59(62)49-24-30-52(31-25-49)65-45-55(36-37-68-65)48-22-20-47(21-23-48)46-12-4-3-5-13-46/h3-45H,1-2H3. The van der Waals surface area contributed by atoms with E-state index in [-0.39, 0.29) is 0 Å². The Morgan fingerprint density at radius 3 is 0.944 bits per heavy atom. The minimum absolute atomic E-state index is 0.937. The Morgan fingerprint density at radius 1 is 0.236 bits per heavy atom. The zero-order valence-corrected chi connectivity index (χ0v) is 40.1. The third-order valence-corrected chi connectivity index (χ3v) is 13.8. The third-order valence-electron chi connectivity index (χ3n) is 13.8. The molecule has 12 rings (SSSR count). The highest BCUT2D eigenvalue weighted by molar-refractivity contribution is 5.94. The van der Waals surface area contributed by atoms with Crippen LogP contribution in [0.1, 0.15) is 0 Å². The summed E-state index contributed by atoms with van der Waals surface area (Å²) in [7, 11) is 4.06. The molecule has 0 bridgehead atoms. The summed E-state index contributed by atoms with van der Waals surface area (Å²) >= 11 is 0. The number of pyridine rings is 1. The summed E-state index contributed by atoms with van der Waals surface area (Å²) in [5.74, 6) is 1.88. The molecular weight excluding hydrogens is 875 g/mol. The number of nitrogens with zero attached hydrogens (tertiary/aromatic N) is 5. The predicted molar refractivity (Wildman–Crippen MR) is 298 cm³/mol. The highest BCUT2D eigenvalue weighted by Crippen LogP contribution is 2.43. The van der Waals surface area contributed by atoms with Gasteiger partial charge in [0, 0.05) is 61.8 Å². The second-order valence-electron chi connectivity index (χ2n) is 18.3. The van der Waals surface area contributed by atoms with Crippen molar-refractivity contribution in [1.29, 1.82) is 0 Å². The maximum Gasteiger partial charge on any atom is 0.139 e. The van der Waals surface area contributed by atoms with E-state index in [0.29, 0.717) is 0 Å². The fraction of sp³-hybridized carbons (Fsp3) is 0.0299. The van der Waals surface area contributed by atoms with Crippen LogP contribution < -0.4 is 0 Å². The summed E-state index contributed by atoms with van der Waals surface area (Å²) in [6, 6.07) is 83.4. The molecule has 342 valence electrons. The fourth-order valence-corrected chi connectivity index (χ4v) is 10.0. The smallest absolute Gasteiger partial charge is 0.139 e. The first-order valence-electron chi connectivity index (χ1n) is 24.3. The third kappa shape index (κ3) is 8.65. The lowest BCUT2D eigenvalue weighted by Crippen LogP contribution is -1.93. The minimum atomic E-state index is 0.937. The number of hydrogen-bond acceptors (Lipinski definition) is 3. The summed E-state index contributed by atoms with van der Waals surface area (Å²) in [5.41, 5.74) is 22.7. The van der Waals surface area contributed by atoms with Crippen LogP contribution in [0.15, 0.2) is 262 Å². The topological polar surface area (TPSA) is 48.5 Å². The van der Waals surface area contributed by atoms with Gasteiger partial charge in [-0.2, -0.15) is 0 Å². The molecule has 12 aromatic rings. The molecule has 0 fully saturated rings. The Labute approximate surface area is 420 Å². The molecule has 0 aliphatic rings. The molecule has 0 saturated carbocycles. The number of imidazole rings is 2. The van der Waals surface area contributed by atoms with E-state index < -0.39 is 0 Å². The van der Waals surface area contributed by atoms with Crippen molar-refractivity contribution >= 4 is 0 Å². The van der Waals surface area contributed by atoms with Gasteiger partial charge in [-0.1, -0.05) is 200 Å². The van der Waals surface area contributed by atoms with Crippen LogP contribution in [0.25, 0.3) is 123 Å². The Balaban J connectivity index is 0.936. The lowest BCUT2D eigenvalue weighted by molar-refractivity contribution is 0.925. The van der Waals surface area contributed by atoms with Crippen molar-refractivity contribution in [3.8, 4) is 123 Å². The predicted octanol–water partition coefficient (Wildman–Crippen LogP) is 16.9. The molecular formula is C67H49N5. The van der Waals surface area contributed by atoms with E-state index in [0.717, 1.165) is 112 Å². The van der Waals surface area contributed by atoms with E-state index in [1.807, 2.05) is 45.1 Å². The van der Waals surface area contributed by atoms with Crippen molar-refractivity contribution in [3.05, 3.63) is 262 Å². The van der Waals surface area contributed by atoms with Gasteiger partial charge in [-0.3, -0.25) is 4.98 Å². The second-order valence-corrected chi connectivity index (χ2v) is 18.3. The number of hydrogen-bond donors (Lipinski definition) is 0. The molecule has 0 aliphatic carbocycles. The van der Waals surface area contributed by atoms with Gasteiger partial charge in [-0.25, -0.2) is 9.97 Å². The Morgan fingerprint density at radius 2 is 0.556 bits per heavy atom. The van der Waals surface area contributed by atoms with Crippen molar-refractivity contribution in [1.82, 2.24) is 24.1 Å². The number of aromatic nitrogens is 5. The molecule has 0 aliphatic heterocycles. The van der Waals surface area contributed by atoms with Gasteiger partial charge < -0.3 is 9.13 Å². The Kier molecular flexibility index (Phi) is 11.7. The van der Waals surface area contributed by atoms with Crippen molar-refractivity contribution in [2.24, 2.45) is 14.1 Å². The first-order valence-corrected chi connectivity index (χ1v) is 24.3. The van der Waals surface area contributed by atoms with Gasteiger partial charge in [0.25, 0.3) is 0 Å². The van der Waals surface area contributed by atoms with Crippen molar-refractivity contribution in [2.75, 3.05) is 0 Å². The Bertz CT molecular complexity index is 3700. The summed E-state index contributed by atoms with van der Waals surface area (Å²) in [5, 5.41) is 0. The monoisotopic (exact) mass is 923 g/mol. The average molecular weight is 924 g/mol. The second kappa shape index (κ2) is 19.2. The van der Waals surface area contributed by atoms with Gasteiger partial charge in [-0.15, -0.1) is 0 Å². The van der Waals surface area contributed by atoms with Crippen LogP contribution in [0, 0.1) is 0 Å². The summed E-state index contributed by atoms with van der Waals surface area (Å²) in [6.45, 7) is 0. The van der Waals surface area contributed by atoms with Crippen LogP contribution in [0.3, 0.4) is 0 Å². The average Bonchev–Trinajstić information content (AvgIpc) is 4.10. The highest BCUT2D eigenvalue weighted by Gasteiger charge is 2.17. The van der Waals surface area contributed by atoms with Gasteiger partial charge in [0.15, 0.2) is 0 Å². The van der Waals surface area contributed by atoms with Gasteiger partial charge in [0.1, 0.15) is 11.6 Å². The molecule has 0 saturated heterocycles. The maximum atomic E-state index is 4.83. The van der Waals surface area contributed by atoms with E-state index in [1.54, 1.807) is 0 Å². The van der Waals surface area contributed by atoms with Crippen LogP contribution in [-0.2, 0) is 14.1 Å². The number of aryl methyl sites for hydroxylation is 2. The van der Waals surface area contributed by atoms with E-state index in [4.69, 9.17) is 4.98 Å². The van der Waals surface area contributed by atoms with Crippen LogP contribution in [-0.4, -0.2) is 24.1 Å². The molecule has 0 N–H and O–H groups in total. The van der Waals surface area contributed by atoms with Gasteiger partial charge in [0.05, 0.1) is 5.69 Å². The lowest BCUT2D eigenvalue weighted by atomic mass is 9.86. The molecule has 3 heterocycles. The van der Waals surface area contributed by atoms with Gasteiger partial charge in [0.2, 0.25) is 0 Å². The van der Waals surface area contributed by atoms with Crippen molar-refractivity contribution in [2.45, 2.75) is 0 Å². The van der Waals surface area contributed by atoms with Crippen molar-refractivity contribution < 1.29 is 0 Å². The normalized spacial score (nSPS) is 11.2. The summed E-state index contributed by atoms with van der Waals surface area (Å²) in [6.07, 6.45) is 9.56. The fourth-order valence-electron chi connectivity index (χ4n) is 10.0. The molecule has 5 heteroatoms. The quantitative estimate of drug-likeness (QED) is 0.130. The summed E-state index contributed by atoms with van der Waals surface area (Å²) in [4.78, 5) is 14.0. The largest absolute Gasteiger partial charge is 0.334 e. The van der Waals surface area contributed by atoms with E-state index >= 15 is 0 Å². The van der Waals surface area contributed by atoms with Crippen LogP contribution in [0.2, 0.25) is 0 Å². The molecule has 0 atom stereocenters. The highest BCUT2D eigenvalue weighted by atomic mass is 15.0. The zero-order valence-electron chi connectivity index (χ0n) is 40.1. The molecule has 72 heavy (non-hydrogen) atoms. The molecule has 0 spiro atoms. The SMILES string of the molecule is Cn1ccnc1-c1ccc(-c2ccccc2-c2cc(-c3ccccc3-c3ccc(-c4cc(-c5ccc(-c6ccccc6)cc5)ccn4)cc3)cc(-c3ccccc3-c3ccc(-c4nccn4C)cc3)c2)cc1. The van der Waals surface area contributed by atoms with E-state index in [2.05, 4.69) is 250 Å². The molecule has 5 nitrogen and oxygen atoms in total. The first kappa shape index (κ1) is 43.8. The Hall–Kier alpha value is -9.45. The zero-order chi connectivity index (χ0) is 48.4. The van der Waals surface area contributed by atoms with E-state index in [9.17, 15) is 0 Å². The van der Waals surface area contributed by atoms with Crippen LogP contribution in [0.5, 0.6) is 0 Å². The van der Waals surface area contributed by atoms with Crippen LogP contribution >= 0.6 is 0 Å². The van der Waals surface area contributed by atoms with Crippen molar-refractivity contribution in [3.63, 3.8) is 0 Å². The first-order chi connectivity index (χ1) is 35.5. The summed E-state index contributed by atoms with van der Waals surface area (Å²) < 4.78 is 4.11. The number of benzene rings is 9.